The van der Waals surface area contributed by atoms with Crippen LogP contribution in [-0.4, -0.2) is 52.7 Å². The standard InChI is InChI=1S/C20H23N3O3/c24-18-13-23(12-16-3-1-2-8-21-16)9-6-17(18)22-20(25)15-4-5-19-14(11-15)7-10-26-19/h1-5,8,11,17-18,24H,6-7,9-10,12-13H2,(H,22,25)/t17-,18-/m1/s1. The summed E-state index contributed by atoms with van der Waals surface area (Å²) in [6, 6.07) is 11.1. The number of hydrogen-bond acceptors (Lipinski definition) is 5. The topological polar surface area (TPSA) is 74.7 Å². The predicted molar refractivity (Wildman–Crippen MR) is 97.0 cm³/mol. The van der Waals surface area contributed by atoms with Crippen LogP contribution >= 0.6 is 0 Å². The number of amides is 1. The fraction of sp³-hybridized carbons (Fsp3) is 0.400. The fourth-order valence-corrected chi connectivity index (χ4v) is 3.61. The minimum Gasteiger partial charge on any atom is -0.493 e. The molecule has 136 valence electrons. The maximum Gasteiger partial charge on any atom is 0.251 e. The lowest BCUT2D eigenvalue weighted by atomic mass is 10.0. The number of hydrogen-bond donors (Lipinski definition) is 2. The molecule has 0 radical (unpaired) electrons. The van der Waals surface area contributed by atoms with Crippen LogP contribution in [-0.2, 0) is 13.0 Å². The Labute approximate surface area is 152 Å². The highest BCUT2D eigenvalue weighted by Gasteiger charge is 2.29. The first-order valence-corrected chi connectivity index (χ1v) is 9.06. The van der Waals surface area contributed by atoms with Crippen molar-refractivity contribution >= 4 is 5.91 Å². The van der Waals surface area contributed by atoms with E-state index in [0.29, 0.717) is 31.7 Å². The van der Waals surface area contributed by atoms with Crippen molar-refractivity contribution in [1.82, 2.24) is 15.2 Å². The highest BCUT2D eigenvalue weighted by atomic mass is 16.5. The van der Waals surface area contributed by atoms with Crippen molar-refractivity contribution < 1.29 is 14.6 Å². The number of rotatable bonds is 4. The maximum atomic E-state index is 12.5. The lowest BCUT2D eigenvalue weighted by Gasteiger charge is -2.36. The van der Waals surface area contributed by atoms with Gasteiger partial charge in [0.05, 0.1) is 24.4 Å². The summed E-state index contributed by atoms with van der Waals surface area (Å²) in [6.07, 6.45) is 2.74. The van der Waals surface area contributed by atoms with Crippen molar-refractivity contribution in [3.05, 3.63) is 59.4 Å². The van der Waals surface area contributed by atoms with E-state index in [9.17, 15) is 9.90 Å². The zero-order chi connectivity index (χ0) is 17.9. The maximum absolute atomic E-state index is 12.5. The molecule has 6 nitrogen and oxygen atoms in total. The van der Waals surface area contributed by atoms with E-state index >= 15 is 0 Å². The van der Waals surface area contributed by atoms with Crippen LogP contribution in [0.1, 0.15) is 28.0 Å². The molecule has 2 aliphatic heterocycles. The largest absolute Gasteiger partial charge is 0.493 e. The zero-order valence-electron chi connectivity index (χ0n) is 14.6. The second-order valence-corrected chi connectivity index (χ2v) is 6.91. The van der Waals surface area contributed by atoms with Gasteiger partial charge in [0, 0.05) is 37.8 Å². The van der Waals surface area contributed by atoms with Gasteiger partial charge in [0.15, 0.2) is 0 Å². The number of β-amino-alcohol motifs (C(OH)–C–C–N with tert-alkyl or cyclic N) is 1. The molecule has 6 heteroatoms. The van der Waals surface area contributed by atoms with E-state index in [4.69, 9.17) is 4.74 Å². The van der Waals surface area contributed by atoms with Gasteiger partial charge in [-0.2, -0.15) is 0 Å². The van der Waals surface area contributed by atoms with Gasteiger partial charge in [0.2, 0.25) is 0 Å². The van der Waals surface area contributed by atoms with Crippen LogP contribution in [0.4, 0.5) is 0 Å². The predicted octanol–water partition coefficient (Wildman–Crippen LogP) is 1.38. The van der Waals surface area contributed by atoms with Gasteiger partial charge in [-0.15, -0.1) is 0 Å². The summed E-state index contributed by atoms with van der Waals surface area (Å²) in [6.45, 7) is 2.73. The number of benzene rings is 1. The number of ether oxygens (including phenoxy) is 1. The minimum atomic E-state index is -0.589. The van der Waals surface area contributed by atoms with E-state index in [1.165, 1.54) is 0 Å². The number of aliphatic hydroxyl groups excluding tert-OH is 1. The summed E-state index contributed by atoms with van der Waals surface area (Å²) >= 11 is 0. The quantitative estimate of drug-likeness (QED) is 0.869. The summed E-state index contributed by atoms with van der Waals surface area (Å²) in [5.74, 6) is 0.728. The van der Waals surface area contributed by atoms with Crippen LogP contribution in [0.25, 0.3) is 0 Å². The Balaban J connectivity index is 1.34. The first-order valence-electron chi connectivity index (χ1n) is 9.06. The summed E-state index contributed by atoms with van der Waals surface area (Å²) in [7, 11) is 0. The first kappa shape index (κ1) is 17.0. The Morgan fingerprint density at radius 1 is 1.35 bits per heavy atom. The van der Waals surface area contributed by atoms with E-state index in [2.05, 4.69) is 15.2 Å². The molecule has 0 aliphatic carbocycles. The van der Waals surface area contributed by atoms with Gasteiger partial charge in [-0.3, -0.25) is 14.7 Å². The number of pyridine rings is 1. The molecule has 0 unspecified atom stereocenters. The molecule has 3 heterocycles. The molecule has 0 saturated carbocycles. The Morgan fingerprint density at radius 2 is 2.27 bits per heavy atom. The number of aliphatic hydroxyl groups is 1. The van der Waals surface area contributed by atoms with Crippen LogP contribution in [0.3, 0.4) is 0 Å². The molecule has 2 atom stereocenters. The minimum absolute atomic E-state index is 0.137. The lowest BCUT2D eigenvalue weighted by Crippen LogP contribution is -2.53. The second-order valence-electron chi connectivity index (χ2n) is 6.91. The average molecular weight is 353 g/mol. The van der Waals surface area contributed by atoms with Crippen molar-refractivity contribution in [3.63, 3.8) is 0 Å². The molecule has 2 aliphatic rings. The molecule has 1 saturated heterocycles. The monoisotopic (exact) mass is 353 g/mol. The van der Waals surface area contributed by atoms with Crippen molar-refractivity contribution in [2.45, 2.75) is 31.5 Å². The Bertz CT molecular complexity index is 781. The third-order valence-electron chi connectivity index (χ3n) is 5.05. The third-order valence-corrected chi connectivity index (χ3v) is 5.05. The number of carbonyl (C=O) groups excluding carboxylic acids is 1. The van der Waals surface area contributed by atoms with Gasteiger partial charge in [0.25, 0.3) is 5.91 Å². The molecule has 1 aromatic carbocycles. The molecule has 1 aromatic heterocycles. The van der Waals surface area contributed by atoms with Crippen LogP contribution in [0.15, 0.2) is 42.6 Å². The van der Waals surface area contributed by atoms with Crippen molar-refractivity contribution in [1.29, 1.82) is 0 Å². The van der Waals surface area contributed by atoms with Crippen molar-refractivity contribution in [2.24, 2.45) is 0 Å². The summed E-state index contributed by atoms with van der Waals surface area (Å²) in [5.41, 5.74) is 2.68. The second kappa shape index (κ2) is 7.43. The summed E-state index contributed by atoms with van der Waals surface area (Å²) in [5, 5.41) is 13.5. The summed E-state index contributed by atoms with van der Waals surface area (Å²) in [4.78, 5) is 19.0. The number of piperidine rings is 1. The van der Waals surface area contributed by atoms with E-state index in [1.807, 2.05) is 30.3 Å². The molecule has 0 bridgehead atoms. The zero-order valence-corrected chi connectivity index (χ0v) is 14.6. The Morgan fingerprint density at radius 3 is 3.08 bits per heavy atom. The van der Waals surface area contributed by atoms with Gasteiger partial charge < -0.3 is 15.2 Å². The number of fused-ring (bicyclic) bond motifs is 1. The van der Waals surface area contributed by atoms with E-state index in [1.54, 1.807) is 12.3 Å². The Kier molecular flexibility index (Phi) is 4.86. The van der Waals surface area contributed by atoms with Gasteiger partial charge in [0.1, 0.15) is 5.75 Å². The van der Waals surface area contributed by atoms with Crippen LogP contribution in [0, 0.1) is 0 Å². The summed E-state index contributed by atoms with van der Waals surface area (Å²) < 4.78 is 5.48. The number of nitrogens with one attached hydrogen (secondary N) is 1. The molecule has 26 heavy (non-hydrogen) atoms. The molecular formula is C20H23N3O3. The Hall–Kier alpha value is -2.44. The van der Waals surface area contributed by atoms with Crippen LogP contribution in [0.5, 0.6) is 5.75 Å². The van der Waals surface area contributed by atoms with Gasteiger partial charge in [-0.25, -0.2) is 0 Å². The highest BCUT2D eigenvalue weighted by molar-refractivity contribution is 5.94. The van der Waals surface area contributed by atoms with E-state index in [-0.39, 0.29) is 11.9 Å². The van der Waals surface area contributed by atoms with E-state index in [0.717, 1.165) is 30.0 Å². The van der Waals surface area contributed by atoms with Crippen molar-refractivity contribution in [2.75, 3.05) is 19.7 Å². The van der Waals surface area contributed by atoms with Crippen LogP contribution < -0.4 is 10.1 Å². The first-order chi connectivity index (χ1) is 12.7. The normalized spacial score (nSPS) is 22.5. The molecule has 1 fully saturated rings. The molecule has 0 spiro atoms. The number of carbonyl (C=O) groups is 1. The molecule has 2 aromatic rings. The molecule has 2 N–H and O–H groups in total. The van der Waals surface area contributed by atoms with Gasteiger partial charge in [-0.05, 0) is 42.3 Å². The van der Waals surface area contributed by atoms with Crippen LogP contribution in [0.2, 0.25) is 0 Å². The smallest absolute Gasteiger partial charge is 0.251 e. The number of aromatic nitrogens is 1. The van der Waals surface area contributed by atoms with Gasteiger partial charge >= 0.3 is 0 Å². The third kappa shape index (κ3) is 3.71. The fourth-order valence-electron chi connectivity index (χ4n) is 3.61. The van der Waals surface area contributed by atoms with E-state index < -0.39 is 6.10 Å². The molecule has 1 amide bonds. The average Bonchev–Trinajstić information content (AvgIpc) is 3.12. The molecule has 4 rings (SSSR count). The number of nitrogens with zero attached hydrogens (tertiary/aromatic N) is 2. The highest BCUT2D eigenvalue weighted by Crippen LogP contribution is 2.26. The number of likely N-dealkylation sites (tertiary alicyclic amines) is 1. The lowest BCUT2D eigenvalue weighted by molar-refractivity contribution is 0.0345. The molecular weight excluding hydrogens is 330 g/mol. The van der Waals surface area contributed by atoms with Gasteiger partial charge in [-0.1, -0.05) is 6.07 Å². The van der Waals surface area contributed by atoms with Crippen molar-refractivity contribution in [3.8, 4) is 5.75 Å². The SMILES string of the molecule is O=C(N[C@@H]1CCN(Cc2ccccn2)C[C@H]1O)c1ccc2c(c1)CCO2.